The summed E-state index contributed by atoms with van der Waals surface area (Å²) in [4.78, 5) is 61.9. The number of hydrazine groups is 1. The van der Waals surface area contributed by atoms with E-state index in [4.69, 9.17) is 5.84 Å². The number of amides is 4. The predicted molar refractivity (Wildman–Crippen MR) is 211 cm³/mol. The van der Waals surface area contributed by atoms with E-state index < -0.39 is 11.7 Å². The third-order valence-electron chi connectivity index (χ3n) is 12.0. The molecule has 0 bridgehead atoms. The van der Waals surface area contributed by atoms with Gasteiger partial charge in [0.1, 0.15) is 5.82 Å². The highest BCUT2D eigenvalue weighted by atomic mass is 19.1. The minimum absolute atomic E-state index is 0.0233. The minimum atomic E-state index is -0.566. The van der Waals surface area contributed by atoms with Gasteiger partial charge in [-0.25, -0.2) is 10.2 Å². The van der Waals surface area contributed by atoms with Crippen LogP contribution >= 0.6 is 0 Å². The maximum atomic E-state index is 15.6. The normalized spacial score (nSPS) is 22.8. The molecule has 3 aliphatic heterocycles. The second-order valence-electron chi connectivity index (χ2n) is 15.7. The van der Waals surface area contributed by atoms with Gasteiger partial charge in [-0.15, -0.1) is 0 Å². The number of benzene rings is 2. The standard InChI is InChI=1S/C43H47FN8O4/c1-43(16-19-50-20-22-51(23-21-50)30-5-2-27(3-6-30)32-8-9-39(53)49-41(32)55)14-10-31(11-15-43)52(45)42(56)29-4-7-33(35(44)24-29)38-25-28(12-17-46-38)37-26-34-36(48-37)13-18-47-40(34)54/h2-7,12,16-17,19,24-26,31-32,48H,8-11,13-15,18,20-23,45H2,1H3,(H,47,54)(H,49,53,55)/b19-16+. The number of carbonyl (C=O) groups is 4. The molecule has 2 aromatic heterocycles. The molecular weight excluding hydrogens is 712 g/mol. The van der Waals surface area contributed by atoms with Gasteiger partial charge in [0.25, 0.3) is 11.8 Å². The van der Waals surface area contributed by atoms with Crippen LogP contribution in [0.3, 0.4) is 0 Å². The zero-order valence-corrected chi connectivity index (χ0v) is 31.5. The van der Waals surface area contributed by atoms with Crippen molar-refractivity contribution in [2.24, 2.45) is 11.3 Å². The number of nitrogens with one attached hydrogen (secondary N) is 3. The summed E-state index contributed by atoms with van der Waals surface area (Å²) >= 11 is 0. The lowest BCUT2D eigenvalue weighted by atomic mass is 9.74. The molecule has 3 fully saturated rings. The third kappa shape index (κ3) is 7.68. The number of H-pyrrole nitrogens is 1. The first kappa shape index (κ1) is 37.1. The zero-order chi connectivity index (χ0) is 39.0. The number of rotatable bonds is 8. The van der Waals surface area contributed by atoms with E-state index in [1.165, 1.54) is 11.1 Å². The van der Waals surface area contributed by atoms with Crippen molar-refractivity contribution in [3.05, 3.63) is 107 Å². The number of halogens is 1. The quantitative estimate of drug-likeness (QED) is 0.0818. The number of aromatic amines is 1. The van der Waals surface area contributed by atoms with Crippen molar-refractivity contribution < 1.29 is 23.6 Å². The van der Waals surface area contributed by atoms with Crippen LogP contribution in [0.2, 0.25) is 0 Å². The molecule has 8 rings (SSSR count). The van der Waals surface area contributed by atoms with Crippen LogP contribution in [0.4, 0.5) is 10.1 Å². The van der Waals surface area contributed by atoms with Crippen molar-refractivity contribution in [3.63, 3.8) is 0 Å². The molecule has 0 radical (unpaired) electrons. The van der Waals surface area contributed by atoms with Crippen LogP contribution in [0.15, 0.2) is 79.1 Å². The Morgan fingerprint density at radius 2 is 1.71 bits per heavy atom. The number of anilines is 1. The topological polar surface area (TPSA) is 157 Å². The molecule has 5 N–H and O–H groups in total. The van der Waals surface area contributed by atoms with E-state index >= 15 is 4.39 Å². The molecule has 56 heavy (non-hydrogen) atoms. The van der Waals surface area contributed by atoms with Crippen molar-refractivity contribution in [1.82, 2.24) is 30.5 Å². The molecule has 4 aliphatic rings. The molecule has 1 unspecified atom stereocenters. The van der Waals surface area contributed by atoms with Gasteiger partial charge in [-0.2, -0.15) is 0 Å². The number of nitrogens with zero attached hydrogens (tertiary/aromatic N) is 4. The van der Waals surface area contributed by atoms with E-state index in [1.54, 1.807) is 30.5 Å². The fourth-order valence-electron chi connectivity index (χ4n) is 8.42. The van der Waals surface area contributed by atoms with Gasteiger partial charge in [-0.3, -0.25) is 34.5 Å². The zero-order valence-electron chi connectivity index (χ0n) is 31.5. The molecule has 12 nitrogen and oxygen atoms in total. The Kier molecular flexibility index (Phi) is 10.2. The van der Waals surface area contributed by atoms with Crippen molar-refractivity contribution >= 4 is 29.3 Å². The third-order valence-corrected chi connectivity index (χ3v) is 12.0. The summed E-state index contributed by atoms with van der Waals surface area (Å²) in [7, 11) is 0. The van der Waals surface area contributed by atoms with Crippen molar-refractivity contribution in [1.29, 1.82) is 0 Å². The lowest BCUT2D eigenvalue weighted by Crippen LogP contribution is -2.48. The molecule has 1 aliphatic carbocycles. The van der Waals surface area contributed by atoms with Crippen LogP contribution < -0.4 is 21.4 Å². The smallest absolute Gasteiger partial charge is 0.268 e. The lowest BCUT2D eigenvalue weighted by molar-refractivity contribution is -0.134. The first-order valence-corrected chi connectivity index (χ1v) is 19.5. The first-order chi connectivity index (χ1) is 27.0. The van der Waals surface area contributed by atoms with Gasteiger partial charge in [-0.05, 0) is 97.8 Å². The second kappa shape index (κ2) is 15.4. The van der Waals surface area contributed by atoms with E-state index in [2.05, 4.69) is 61.7 Å². The van der Waals surface area contributed by atoms with Crippen molar-refractivity contribution in [3.8, 4) is 22.5 Å². The minimum Gasteiger partial charge on any atom is -0.374 e. The largest absolute Gasteiger partial charge is 0.374 e. The summed E-state index contributed by atoms with van der Waals surface area (Å²) in [5.41, 5.74) is 5.94. The molecule has 2 saturated heterocycles. The van der Waals surface area contributed by atoms with Gasteiger partial charge >= 0.3 is 0 Å². The Morgan fingerprint density at radius 3 is 2.43 bits per heavy atom. The summed E-state index contributed by atoms with van der Waals surface area (Å²) in [5, 5.41) is 6.56. The Balaban J connectivity index is 0.826. The molecule has 4 amide bonds. The summed E-state index contributed by atoms with van der Waals surface area (Å²) in [6.45, 7) is 6.37. The SMILES string of the molecule is CC1(/C=C/N2CCN(c3ccc(C4CCC(=O)NC4=O)cc3)CC2)CCC(N(N)C(=O)c2ccc(-c3cc(-c4cc5c([nH]4)CCNC5=O)ccn3)c(F)c2)CC1. The number of fused-ring (bicyclic) bond motifs is 1. The maximum Gasteiger partial charge on any atom is 0.268 e. The number of nitrogens with two attached hydrogens (primary N) is 1. The molecule has 1 saturated carbocycles. The Labute approximate surface area is 325 Å². The van der Waals surface area contributed by atoms with E-state index in [-0.39, 0.29) is 46.2 Å². The lowest BCUT2D eigenvalue weighted by Gasteiger charge is -2.40. The first-order valence-electron chi connectivity index (χ1n) is 19.5. The summed E-state index contributed by atoms with van der Waals surface area (Å²) in [6, 6.07) is 17.8. The molecule has 0 spiro atoms. The number of hydrogen-bond donors (Lipinski definition) is 4. The maximum absolute atomic E-state index is 15.6. The summed E-state index contributed by atoms with van der Waals surface area (Å²) < 4.78 is 15.6. The molecule has 1 atom stereocenters. The number of hydrogen-bond acceptors (Lipinski definition) is 8. The fraction of sp³-hybridized carbons (Fsp3) is 0.372. The van der Waals surface area contributed by atoms with Crippen LogP contribution in [0.1, 0.15) is 83.3 Å². The number of pyridine rings is 1. The molecular formula is C43H47FN8O4. The van der Waals surface area contributed by atoms with E-state index in [1.807, 2.05) is 18.2 Å². The Morgan fingerprint density at radius 1 is 0.946 bits per heavy atom. The van der Waals surface area contributed by atoms with Crippen molar-refractivity contribution in [2.45, 2.75) is 63.8 Å². The summed E-state index contributed by atoms with van der Waals surface area (Å²) in [6.07, 6.45) is 11.0. The molecule has 13 heteroatoms. The van der Waals surface area contributed by atoms with Gasteiger partial charge in [-0.1, -0.05) is 25.1 Å². The molecule has 4 aromatic rings. The number of aromatic nitrogens is 2. The van der Waals surface area contributed by atoms with E-state index in [0.29, 0.717) is 37.1 Å². The van der Waals surface area contributed by atoms with Crippen LogP contribution in [0, 0.1) is 11.2 Å². The number of carbonyl (C=O) groups excluding carboxylic acids is 4. The molecule has 2 aromatic carbocycles. The van der Waals surface area contributed by atoms with Crippen LogP contribution in [0.5, 0.6) is 0 Å². The summed E-state index contributed by atoms with van der Waals surface area (Å²) in [5.74, 6) is 4.62. The molecule has 5 heterocycles. The van der Waals surface area contributed by atoms with Gasteiger partial charge in [0.15, 0.2) is 0 Å². The highest BCUT2D eigenvalue weighted by Gasteiger charge is 2.34. The molecule has 290 valence electrons. The number of piperazine rings is 1. The average molecular weight is 759 g/mol. The van der Waals surface area contributed by atoms with Gasteiger partial charge in [0, 0.05) is 91.6 Å². The van der Waals surface area contributed by atoms with Crippen LogP contribution in [0.25, 0.3) is 22.5 Å². The van der Waals surface area contributed by atoms with Gasteiger partial charge in [0.05, 0.1) is 17.2 Å². The number of piperidine rings is 1. The van der Waals surface area contributed by atoms with Gasteiger partial charge in [0.2, 0.25) is 11.8 Å². The highest BCUT2D eigenvalue weighted by molar-refractivity contribution is 6.01. The van der Waals surface area contributed by atoms with Crippen LogP contribution in [-0.4, -0.2) is 82.3 Å². The van der Waals surface area contributed by atoms with Crippen molar-refractivity contribution in [2.75, 3.05) is 37.6 Å². The predicted octanol–water partition coefficient (Wildman–Crippen LogP) is 5.29. The Hall–Kier alpha value is -5.82. The monoisotopic (exact) mass is 758 g/mol. The van der Waals surface area contributed by atoms with Crippen LogP contribution in [-0.2, 0) is 16.0 Å². The fourth-order valence-corrected chi connectivity index (χ4v) is 8.42. The van der Waals surface area contributed by atoms with Gasteiger partial charge < -0.3 is 20.1 Å². The number of imide groups is 1. The Bertz CT molecular complexity index is 2180. The number of allylic oxidation sites excluding steroid dienone is 1. The highest BCUT2D eigenvalue weighted by Crippen LogP contribution is 2.39. The van der Waals surface area contributed by atoms with E-state index in [9.17, 15) is 19.2 Å². The van der Waals surface area contributed by atoms with E-state index in [0.717, 1.165) is 80.1 Å². The second-order valence-corrected chi connectivity index (χ2v) is 15.7. The average Bonchev–Trinajstić information content (AvgIpc) is 3.66.